The van der Waals surface area contributed by atoms with Crippen molar-refractivity contribution in [3.8, 4) is 0 Å². The second-order valence-electron chi connectivity index (χ2n) is 4.90. The second kappa shape index (κ2) is 18.3. The summed E-state index contributed by atoms with van der Waals surface area (Å²) in [7, 11) is 0. The molecule has 0 unspecified atom stereocenters. The number of aliphatic imine (C=N–C) groups is 2. The van der Waals surface area contributed by atoms with Crippen molar-refractivity contribution in [3.05, 3.63) is 12.3 Å². The first kappa shape index (κ1) is 19.3. The van der Waals surface area contributed by atoms with E-state index in [4.69, 9.17) is 0 Å². The van der Waals surface area contributed by atoms with Crippen LogP contribution in [0.2, 0.25) is 0 Å². The Bertz CT molecular complexity index is 327. The highest BCUT2D eigenvalue weighted by atomic mass is 32.1. The van der Waals surface area contributed by atoms with E-state index in [0.29, 0.717) is 0 Å². The van der Waals surface area contributed by atoms with Crippen LogP contribution in [0.5, 0.6) is 0 Å². The van der Waals surface area contributed by atoms with E-state index in [1.165, 1.54) is 57.8 Å². The van der Waals surface area contributed by atoms with E-state index in [1.54, 1.807) is 6.20 Å². The van der Waals surface area contributed by atoms with Crippen LogP contribution in [-0.2, 0) is 0 Å². The summed E-state index contributed by atoms with van der Waals surface area (Å²) in [5.74, 6) is 0. The van der Waals surface area contributed by atoms with Crippen molar-refractivity contribution in [1.82, 2.24) is 0 Å². The molecule has 0 rings (SSSR count). The van der Waals surface area contributed by atoms with Crippen molar-refractivity contribution in [2.45, 2.75) is 70.6 Å². The van der Waals surface area contributed by atoms with E-state index in [9.17, 15) is 0 Å². The molecule has 0 aliphatic rings. The van der Waals surface area contributed by atoms with Crippen molar-refractivity contribution in [2.24, 2.45) is 9.98 Å². The first-order chi connectivity index (χ1) is 9.91. The van der Waals surface area contributed by atoms with E-state index in [0.717, 1.165) is 19.4 Å². The molecule has 0 saturated carbocycles. The maximum atomic E-state index is 4.53. The van der Waals surface area contributed by atoms with Crippen LogP contribution in [-0.4, -0.2) is 16.9 Å². The predicted molar refractivity (Wildman–Crippen MR) is 94.8 cm³/mol. The van der Waals surface area contributed by atoms with Gasteiger partial charge >= 0.3 is 0 Å². The third kappa shape index (κ3) is 17.3. The van der Waals surface area contributed by atoms with Crippen LogP contribution in [0.4, 0.5) is 0 Å². The number of nitrogens with zero attached hydrogens (tertiary/aromatic N) is 2. The van der Waals surface area contributed by atoms with Gasteiger partial charge in [0, 0.05) is 12.7 Å². The summed E-state index contributed by atoms with van der Waals surface area (Å²) in [5.41, 5.74) is 0. The largest absolute Gasteiger partial charge is 0.233 e. The predicted octanol–water partition coefficient (Wildman–Crippen LogP) is 6.00. The fourth-order valence-electron chi connectivity index (χ4n) is 2.07. The van der Waals surface area contributed by atoms with E-state index in [-0.39, 0.29) is 0 Å². The Hall–Kier alpha value is -0.660. The van der Waals surface area contributed by atoms with E-state index < -0.39 is 0 Å². The van der Waals surface area contributed by atoms with Crippen LogP contribution in [0.3, 0.4) is 0 Å². The fraction of sp³-hybridized carbons (Fsp3) is 0.750. The Morgan fingerprint density at radius 2 is 1.25 bits per heavy atom. The molecule has 0 aliphatic carbocycles. The van der Waals surface area contributed by atoms with Gasteiger partial charge in [-0.2, -0.15) is 0 Å². The van der Waals surface area contributed by atoms with Gasteiger partial charge in [-0.25, -0.2) is 9.98 Å². The van der Waals surface area contributed by atoms with E-state index >= 15 is 0 Å². The van der Waals surface area contributed by atoms with Gasteiger partial charge in [0.05, 0.1) is 10.3 Å². The molecule has 0 aliphatic heterocycles. The van der Waals surface area contributed by atoms with Crippen molar-refractivity contribution in [2.75, 3.05) is 6.54 Å². The molecule has 0 spiro atoms. The molecular formula is C16H26N2S2. The zero-order chi connectivity index (χ0) is 14.7. The van der Waals surface area contributed by atoms with Gasteiger partial charge < -0.3 is 0 Å². The average molecular weight is 311 g/mol. The highest BCUT2D eigenvalue weighted by molar-refractivity contribution is 7.78. The summed E-state index contributed by atoms with van der Waals surface area (Å²) in [6, 6.07) is 0. The Morgan fingerprint density at radius 1 is 0.700 bits per heavy atom. The van der Waals surface area contributed by atoms with Crippen LogP contribution in [0.25, 0.3) is 0 Å². The van der Waals surface area contributed by atoms with Crippen LogP contribution in [0.1, 0.15) is 70.6 Å². The number of isothiocyanates is 2. The molecule has 0 aromatic carbocycles. The van der Waals surface area contributed by atoms with Crippen molar-refractivity contribution < 1.29 is 0 Å². The lowest BCUT2D eigenvalue weighted by Crippen LogP contribution is -1.84. The number of hydrogen-bond acceptors (Lipinski definition) is 4. The van der Waals surface area contributed by atoms with E-state index in [1.807, 2.05) is 0 Å². The van der Waals surface area contributed by atoms with Gasteiger partial charge in [0.15, 0.2) is 0 Å². The Kier molecular flexibility index (Phi) is 17.7. The maximum Gasteiger partial charge on any atom is 0.0634 e. The fourth-order valence-corrected chi connectivity index (χ4v) is 2.22. The molecule has 2 nitrogen and oxygen atoms in total. The minimum atomic E-state index is 0.855. The third-order valence-electron chi connectivity index (χ3n) is 3.19. The number of rotatable bonds is 14. The lowest BCUT2D eigenvalue weighted by Gasteiger charge is -2.01. The Labute approximate surface area is 134 Å². The molecule has 0 radical (unpaired) electrons. The molecule has 0 atom stereocenters. The molecule has 20 heavy (non-hydrogen) atoms. The third-order valence-corrected chi connectivity index (χ3v) is 3.42. The van der Waals surface area contributed by atoms with Crippen LogP contribution in [0.15, 0.2) is 22.3 Å². The highest BCUT2D eigenvalue weighted by Gasteiger charge is 1.92. The summed E-state index contributed by atoms with van der Waals surface area (Å²) in [4.78, 5) is 7.66. The Morgan fingerprint density at radius 3 is 1.80 bits per heavy atom. The zero-order valence-corrected chi connectivity index (χ0v) is 14.0. The van der Waals surface area contributed by atoms with Gasteiger partial charge in [-0.1, -0.05) is 57.4 Å². The number of unbranched alkanes of at least 4 members (excludes halogenated alkanes) is 10. The quantitative estimate of drug-likeness (QED) is 0.223. The first-order valence-corrected chi connectivity index (χ1v) is 8.49. The van der Waals surface area contributed by atoms with Crippen molar-refractivity contribution in [1.29, 1.82) is 0 Å². The number of allylic oxidation sites excluding steroid dienone is 1. The molecule has 0 aromatic rings. The van der Waals surface area contributed by atoms with Gasteiger partial charge in [-0.3, -0.25) is 0 Å². The summed E-state index contributed by atoms with van der Waals surface area (Å²) in [6.45, 7) is 0.855. The number of thiocarbonyl (C=S) groups is 2. The average Bonchev–Trinajstić information content (AvgIpc) is 2.47. The molecule has 0 bridgehead atoms. The SMILES string of the molecule is S=C=NC=CCCCCCCCCCCCCN=C=S. The van der Waals surface area contributed by atoms with Gasteiger partial charge in [0.2, 0.25) is 0 Å². The van der Waals surface area contributed by atoms with Crippen molar-refractivity contribution in [3.63, 3.8) is 0 Å². The van der Waals surface area contributed by atoms with Gasteiger partial charge in [-0.05, 0) is 43.7 Å². The zero-order valence-electron chi connectivity index (χ0n) is 12.4. The van der Waals surface area contributed by atoms with Crippen LogP contribution in [0, 0.1) is 0 Å². The molecule has 0 saturated heterocycles. The lowest BCUT2D eigenvalue weighted by molar-refractivity contribution is 0.554. The van der Waals surface area contributed by atoms with Gasteiger partial charge in [0.1, 0.15) is 0 Å². The van der Waals surface area contributed by atoms with Crippen LogP contribution >= 0.6 is 24.4 Å². The molecular weight excluding hydrogens is 284 g/mol. The topological polar surface area (TPSA) is 24.7 Å². The second-order valence-corrected chi connectivity index (χ2v) is 5.27. The minimum absolute atomic E-state index is 0.855. The summed E-state index contributed by atoms with van der Waals surface area (Å²) < 4.78 is 0. The molecule has 0 fully saturated rings. The standard InChI is InChI=1S/C16H26N2S2/c19-15-17-13-11-9-7-5-3-1-2-4-6-8-10-12-14-18-16-20/h11,13H,1-10,12,14H2. The summed E-state index contributed by atoms with van der Waals surface area (Å²) in [5, 5.41) is 4.73. The van der Waals surface area contributed by atoms with E-state index in [2.05, 4.69) is 50.8 Å². The number of hydrogen-bond donors (Lipinski definition) is 0. The smallest absolute Gasteiger partial charge is 0.0634 e. The molecule has 112 valence electrons. The van der Waals surface area contributed by atoms with Crippen LogP contribution < -0.4 is 0 Å². The van der Waals surface area contributed by atoms with Gasteiger partial charge in [0.25, 0.3) is 0 Å². The first-order valence-electron chi connectivity index (χ1n) is 7.67. The molecule has 0 amide bonds. The molecule has 0 heterocycles. The summed E-state index contributed by atoms with van der Waals surface area (Å²) in [6.07, 6.45) is 18.1. The minimum Gasteiger partial charge on any atom is -0.233 e. The summed E-state index contributed by atoms with van der Waals surface area (Å²) >= 11 is 9.00. The van der Waals surface area contributed by atoms with Gasteiger partial charge in [-0.15, -0.1) is 0 Å². The molecule has 4 heteroatoms. The maximum absolute atomic E-state index is 4.53. The normalized spacial score (nSPS) is 10.2. The molecule has 0 N–H and O–H groups in total. The highest BCUT2D eigenvalue weighted by Crippen LogP contribution is 2.11. The molecule has 0 aromatic heterocycles. The monoisotopic (exact) mass is 310 g/mol. The Balaban J connectivity index is 3.06. The van der Waals surface area contributed by atoms with Crippen molar-refractivity contribution >= 4 is 34.8 Å². The lowest BCUT2D eigenvalue weighted by atomic mass is 10.1.